The number of thiophene rings is 1. The standard InChI is InChI=1S/C13H10O3S/c1-10-13(12(14)4-7-15-10)16-6-2-3-11-5-8-17-9-11/h4-5,7-9H,6H2,1H3. The molecule has 2 rings (SSSR count). The lowest BCUT2D eigenvalue weighted by molar-refractivity contribution is 0.341. The molecular formula is C13H10O3S. The van der Waals surface area contributed by atoms with E-state index in [1.165, 1.54) is 12.3 Å². The van der Waals surface area contributed by atoms with Crippen molar-refractivity contribution in [3.05, 3.63) is 50.7 Å². The highest BCUT2D eigenvalue weighted by molar-refractivity contribution is 7.08. The van der Waals surface area contributed by atoms with Gasteiger partial charge in [0.25, 0.3) is 0 Å². The van der Waals surface area contributed by atoms with Gasteiger partial charge in [0, 0.05) is 17.0 Å². The van der Waals surface area contributed by atoms with E-state index in [1.54, 1.807) is 18.3 Å². The monoisotopic (exact) mass is 246 g/mol. The summed E-state index contributed by atoms with van der Waals surface area (Å²) in [6, 6.07) is 3.26. The highest BCUT2D eigenvalue weighted by atomic mass is 32.1. The third-order valence-corrected chi connectivity index (χ3v) is 2.73. The maximum atomic E-state index is 11.4. The first-order valence-corrected chi connectivity index (χ1v) is 5.94. The van der Waals surface area contributed by atoms with Gasteiger partial charge < -0.3 is 9.15 Å². The third-order valence-electron chi connectivity index (χ3n) is 2.05. The summed E-state index contributed by atoms with van der Waals surface area (Å²) in [6.45, 7) is 1.86. The predicted molar refractivity (Wildman–Crippen MR) is 66.4 cm³/mol. The molecule has 17 heavy (non-hydrogen) atoms. The normalized spacial score (nSPS) is 9.47. The van der Waals surface area contributed by atoms with Gasteiger partial charge in [-0.05, 0) is 18.4 Å². The van der Waals surface area contributed by atoms with Gasteiger partial charge in [-0.2, -0.15) is 11.3 Å². The van der Waals surface area contributed by atoms with Gasteiger partial charge in [0.15, 0.2) is 0 Å². The topological polar surface area (TPSA) is 39.4 Å². The molecule has 0 atom stereocenters. The van der Waals surface area contributed by atoms with Crippen molar-refractivity contribution in [3.8, 4) is 17.6 Å². The van der Waals surface area contributed by atoms with Crippen molar-refractivity contribution in [3.63, 3.8) is 0 Å². The van der Waals surface area contributed by atoms with Crippen molar-refractivity contribution in [2.75, 3.05) is 6.61 Å². The third kappa shape index (κ3) is 2.99. The Bertz CT molecular complexity index is 600. The maximum Gasteiger partial charge on any atom is 0.227 e. The van der Waals surface area contributed by atoms with E-state index in [0.717, 1.165) is 5.56 Å². The van der Waals surface area contributed by atoms with Crippen LogP contribution in [0, 0.1) is 18.8 Å². The lowest BCUT2D eigenvalue weighted by Gasteiger charge is -2.02. The van der Waals surface area contributed by atoms with Crippen LogP contribution in [-0.4, -0.2) is 6.61 Å². The van der Waals surface area contributed by atoms with Crippen LogP contribution in [0.5, 0.6) is 5.75 Å². The fourth-order valence-electron chi connectivity index (χ4n) is 1.26. The number of hydrogen-bond acceptors (Lipinski definition) is 4. The largest absolute Gasteiger partial charge is 0.473 e. The maximum absolute atomic E-state index is 11.4. The highest BCUT2D eigenvalue weighted by Gasteiger charge is 2.04. The van der Waals surface area contributed by atoms with Gasteiger partial charge >= 0.3 is 0 Å². The quantitative estimate of drug-likeness (QED) is 0.764. The van der Waals surface area contributed by atoms with Crippen molar-refractivity contribution in [1.29, 1.82) is 0 Å². The molecule has 2 heterocycles. The minimum Gasteiger partial charge on any atom is -0.473 e. The number of hydrogen-bond donors (Lipinski definition) is 0. The minimum absolute atomic E-state index is 0.172. The van der Waals surface area contributed by atoms with Crippen molar-refractivity contribution in [1.82, 2.24) is 0 Å². The van der Waals surface area contributed by atoms with E-state index in [2.05, 4.69) is 11.8 Å². The zero-order chi connectivity index (χ0) is 12.1. The summed E-state index contributed by atoms with van der Waals surface area (Å²) in [4.78, 5) is 11.4. The van der Waals surface area contributed by atoms with Crippen LogP contribution in [0.4, 0.5) is 0 Å². The van der Waals surface area contributed by atoms with Gasteiger partial charge in [0.1, 0.15) is 12.4 Å². The zero-order valence-corrected chi connectivity index (χ0v) is 10.0. The van der Waals surface area contributed by atoms with Crippen molar-refractivity contribution in [2.45, 2.75) is 6.92 Å². The van der Waals surface area contributed by atoms with Crippen LogP contribution in [0.2, 0.25) is 0 Å². The Balaban J connectivity index is 2.01. The van der Waals surface area contributed by atoms with E-state index >= 15 is 0 Å². The fraction of sp³-hybridized carbons (Fsp3) is 0.154. The van der Waals surface area contributed by atoms with E-state index in [1.807, 2.05) is 16.8 Å². The number of rotatable bonds is 2. The van der Waals surface area contributed by atoms with Crippen LogP contribution in [0.3, 0.4) is 0 Å². The molecular weight excluding hydrogens is 236 g/mol. The molecule has 0 bridgehead atoms. The van der Waals surface area contributed by atoms with Gasteiger partial charge in [-0.15, -0.1) is 0 Å². The van der Waals surface area contributed by atoms with Crippen molar-refractivity contribution >= 4 is 11.3 Å². The smallest absolute Gasteiger partial charge is 0.227 e. The van der Waals surface area contributed by atoms with E-state index in [-0.39, 0.29) is 17.8 Å². The highest BCUT2D eigenvalue weighted by Crippen LogP contribution is 2.10. The molecule has 4 heteroatoms. The van der Waals surface area contributed by atoms with Gasteiger partial charge in [0.05, 0.1) is 6.26 Å². The molecule has 2 aromatic heterocycles. The van der Waals surface area contributed by atoms with Crippen LogP contribution >= 0.6 is 11.3 Å². The Kier molecular flexibility index (Phi) is 3.63. The van der Waals surface area contributed by atoms with Crippen molar-refractivity contribution < 1.29 is 9.15 Å². The van der Waals surface area contributed by atoms with E-state index < -0.39 is 0 Å². The molecule has 0 unspecified atom stereocenters. The first-order valence-electron chi connectivity index (χ1n) is 4.99. The van der Waals surface area contributed by atoms with Gasteiger partial charge in [0.2, 0.25) is 11.2 Å². The molecule has 0 amide bonds. The van der Waals surface area contributed by atoms with Crippen LogP contribution in [-0.2, 0) is 0 Å². The second kappa shape index (κ2) is 5.37. The molecule has 0 aliphatic heterocycles. The average molecular weight is 246 g/mol. The second-order valence-electron chi connectivity index (χ2n) is 3.27. The molecule has 3 nitrogen and oxygen atoms in total. The Morgan fingerprint density at radius 3 is 3.06 bits per heavy atom. The summed E-state index contributed by atoms with van der Waals surface area (Å²) < 4.78 is 10.4. The Morgan fingerprint density at radius 1 is 1.47 bits per heavy atom. The van der Waals surface area contributed by atoms with Gasteiger partial charge in [-0.1, -0.05) is 11.8 Å². The molecule has 0 aromatic carbocycles. The predicted octanol–water partition coefficient (Wildman–Crippen LogP) is 2.44. The van der Waals surface area contributed by atoms with E-state index in [4.69, 9.17) is 9.15 Å². The summed E-state index contributed by atoms with van der Waals surface area (Å²) in [5.74, 6) is 6.48. The summed E-state index contributed by atoms with van der Waals surface area (Å²) in [6.07, 6.45) is 1.35. The fourth-order valence-corrected chi connectivity index (χ4v) is 1.84. The second-order valence-corrected chi connectivity index (χ2v) is 4.05. The number of aryl methyl sites for hydroxylation is 1. The first kappa shape index (κ1) is 11.5. The lowest BCUT2D eigenvalue weighted by Crippen LogP contribution is -2.08. The molecule has 0 spiro atoms. The summed E-state index contributed by atoms with van der Waals surface area (Å²) in [7, 11) is 0. The molecule has 0 aliphatic rings. The van der Waals surface area contributed by atoms with Crippen LogP contribution in [0.15, 0.2) is 38.4 Å². The van der Waals surface area contributed by atoms with Gasteiger partial charge in [-0.25, -0.2) is 0 Å². The van der Waals surface area contributed by atoms with Crippen LogP contribution in [0.25, 0.3) is 0 Å². The molecule has 0 N–H and O–H groups in total. The van der Waals surface area contributed by atoms with Gasteiger partial charge in [-0.3, -0.25) is 4.79 Å². The molecule has 0 saturated heterocycles. The molecule has 0 radical (unpaired) electrons. The first-order chi connectivity index (χ1) is 8.27. The number of ether oxygens (including phenoxy) is 1. The molecule has 0 fully saturated rings. The molecule has 2 aromatic rings. The van der Waals surface area contributed by atoms with Crippen LogP contribution in [0.1, 0.15) is 11.3 Å². The summed E-state index contributed by atoms with van der Waals surface area (Å²) >= 11 is 1.59. The Morgan fingerprint density at radius 2 is 2.35 bits per heavy atom. The molecule has 0 aliphatic carbocycles. The Hall–Kier alpha value is -1.99. The summed E-state index contributed by atoms with van der Waals surface area (Å²) in [5, 5.41) is 3.91. The molecule has 86 valence electrons. The lowest BCUT2D eigenvalue weighted by atomic mass is 10.3. The van der Waals surface area contributed by atoms with E-state index in [0.29, 0.717) is 5.76 Å². The summed E-state index contributed by atoms with van der Waals surface area (Å²) in [5.41, 5.74) is 0.765. The SMILES string of the molecule is Cc1occc(=O)c1OCC#Cc1ccsc1. The zero-order valence-electron chi connectivity index (χ0n) is 9.23. The molecule has 0 saturated carbocycles. The van der Waals surface area contributed by atoms with E-state index in [9.17, 15) is 4.79 Å². The van der Waals surface area contributed by atoms with Crippen LogP contribution < -0.4 is 10.2 Å². The van der Waals surface area contributed by atoms with Crippen molar-refractivity contribution in [2.24, 2.45) is 0 Å². The minimum atomic E-state index is -0.189. The average Bonchev–Trinajstić information content (AvgIpc) is 2.80. The Labute approximate surface area is 103 Å².